The van der Waals surface area contributed by atoms with Gasteiger partial charge in [-0.1, -0.05) is 0 Å². The fourth-order valence-corrected chi connectivity index (χ4v) is 4.53. The maximum absolute atomic E-state index is 12.8. The third-order valence-corrected chi connectivity index (χ3v) is 6.52. The van der Waals surface area contributed by atoms with Crippen LogP contribution in [0.2, 0.25) is 0 Å². The van der Waals surface area contributed by atoms with Gasteiger partial charge in [-0.15, -0.1) is 11.6 Å². The molecular formula is C14H21ClN2O3S. The van der Waals surface area contributed by atoms with Crippen molar-refractivity contribution >= 4 is 21.6 Å². The van der Waals surface area contributed by atoms with Crippen molar-refractivity contribution in [3.8, 4) is 0 Å². The first-order valence-corrected chi connectivity index (χ1v) is 9.34. The zero-order valence-corrected chi connectivity index (χ0v) is 13.7. The van der Waals surface area contributed by atoms with E-state index < -0.39 is 10.0 Å². The largest absolute Gasteiger partial charge is 0.381 e. The fourth-order valence-electron chi connectivity index (χ4n) is 2.85. The third kappa shape index (κ3) is 2.99. The molecule has 118 valence electrons. The quantitative estimate of drug-likeness (QED) is 0.778. The first kappa shape index (κ1) is 15.3. The van der Waals surface area contributed by atoms with Gasteiger partial charge in [0.05, 0.1) is 5.88 Å². The van der Waals surface area contributed by atoms with Crippen LogP contribution in [0.15, 0.2) is 17.2 Å². The fraction of sp³-hybridized carbons (Fsp3) is 0.714. The van der Waals surface area contributed by atoms with Crippen LogP contribution in [0.4, 0.5) is 0 Å². The summed E-state index contributed by atoms with van der Waals surface area (Å²) in [5, 5.41) is 0. The smallest absolute Gasteiger partial charge is 0.244 e. The van der Waals surface area contributed by atoms with E-state index >= 15 is 0 Å². The van der Waals surface area contributed by atoms with Crippen molar-refractivity contribution in [2.45, 2.75) is 48.5 Å². The van der Waals surface area contributed by atoms with E-state index in [2.05, 4.69) is 0 Å². The summed E-state index contributed by atoms with van der Waals surface area (Å²) in [7, 11) is -1.79. The first-order valence-electron chi connectivity index (χ1n) is 7.36. The van der Waals surface area contributed by atoms with Gasteiger partial charge in [0.1, 0.15) is 4.90 Å². The van der Waals surface area contributed by atoms with Gasteiger partial charge in [0.25, 0.3) is 0 Å². The maximum atomic E-state index is 12.8. The Hall–Kier alpha value is -0.560. The lowest BCUT2D eigenvalue weighted by molar-refractivity contribution is 0.0632. The molecule has 3 rings (SSSR count). The number of sulfonamides is 1. The highest BCUT2D eigenvalue weighted by atomic mass is 35.5. The van der Waals surface area contributed by atoms with Crippen LogP contribution < -0.4 is 0 Å². The summed E-state index contributed by atoms with van der Waals surface area (Å²) in [5.41, 5.74) is 0.887. The van der Waals surface area contributed by atoms with E-state index in [-0.39, 0.29) is 6.04 Å². The molecule has 0 atom stereocenters. The van der Waals surface area contributed by atoms with Crippen LogP contribution in [0.5, 0.6) is 0 Å². The van der Waals surface area contributed by atoms with Gasteiger partial charge in [-0.05, 0) is 31.7 Å². The van der Waals surface area contributed by atoms with Crippen LogP contribution >= 0.6 is 11.6 Å². The first-order chi connectivity index (χ1) is 10.0. The van der Waals surface area contributed by atoms with Crippen LogP contribution in [0.3, 0.4) is 0 Å². The van der Waals surface area contributed by atoms with E-state index in [1.54, 1.807) is 19.3 Å². The van der Waals surface area contributed by atoms with Gasteiger partial charge in [0, 0.05) is 44.2 Å². The molecule has 2 heterocycles. The van der Waals surface area contributed by atoms with Gasteiger partial charge in [0.15, 0.2) is 0 Å². The van der Waals surface area contributed by atoms with Crippen LogP contribution in [0.1, 0.15) is 37.4 Å². The minimum absolute atomic E-state index is 0.0208. The van der Waals surface area contributed by atoms with Crippen LogP contribution in [0.25, 0.3) is 0 Å². The Labute approximate surface area is 130 Å². The third-order valence-electron chi connectivity index (χ3n) is 4.37. The molecule has 1 saturated heterocycles. The zero-order chi connectivity index (χ0) is 15.0. The Kier molecular flexibility index (Phi) is 4.32. The summed E-state index contributed by atoms with van der Waals surface area (Å²) in [6.07, 6.45) is 5.46. The second-order valence-electron chi connectivity index (χ2n) is 5.80. The highest BCUT2D eigenvalue weighted by Gasteiger charge is 2.32. The van der Waals surface area contributed by atoms with Gasteiger partial charge in [0.2, 0.25) is 10.0 Å². The van der Waals surface area contributed by atoms with E-state index in [4.69, 9.17) is 16.3 Å². The minimum atomic E-state index is -3.46. The number of ether oxygens (including phenoxy) is 1. The standard InChI is InChI=1S/C14H21ClN2O3S/c1-16(11-4-6-20-7-5-11)21(18,19)14-8-13(9-15)17(10-14)12-2-3-12/h8,10-12H,2-7,9H2,1H3. The van der Waals surface area contributed by atoms with Crippen molar-refractivity contribution in [1.29, 1.82) is 0 Å². The highest BCUT2D eigenvalue weighted by molar-refractivity contribution is 7.89. The Morgan fingerprint density at radius 3 is 2.57 bits per heavy atom. The molecule has 1 aliphatic heterocycles. The van der Waals surface area contributed by atoms with Crippen molar-refractivity contribution in [2.24, 2.45) is 0 Å². The van der Waals surface area contributed by atoms with Gasteiger partial charge in [-0.25, -0.2) is 8.42 Å². The predicted octanol–water partition coefficient (Wildman–Crippen LogP) is 2.36. The molecular weight excluding hydrogens is 312 g/mol. The molecule has 7 heteroatoms. The molecule has 1 aromatic rings. The van der Waals surface area contributed by atoms with E-state index in [0.717, 1.165) is 31.4 Å². The molecule has 0 unspecified atom stereocenters. The monoisotopic (exact) mass is 332 g/mol. The Balaban J connectivity index is 1.86. The molecule has 21 heavy (non-hydrogen) atoms. The lowest BCUT2D eigenvalue weighted by Gasteiger charge is -2.30. The number of aromatic nitrogens is 1. The lowest BCUT2D eigenvalue weighted by atomic mass is 10.1. The number of alkyl halides is 1. The van der Waals surface area contributed by atoms with Gasteiger partial charge < -0.3 is 9.30 Å². The van der Waals surface area contributed by atoms with Gasteiger partial charge >= 0.3 is 0 Å². The topological polar surface area (TPSA) is 51.5 Å². The molecule has 0 N–H and O–H groups in total. The highest BCUT2D eigenvalue weighted by Crippen LogP contribution is 2.38. The van der Waals surface area contributed by atoms with Crippen molar-refractivity contribution < 1.29 is 13.2 Å². The average Bonchev–Trinajstić information content (AvgIpc) is 3.25. The molecule has 0 radical (unpaired) electrons. The predicted molar refractivity (Wildman–Crippen MR) is 81.0 cm³/mol. The summed E-state index contributed by atoms with van der Waals surface area (Å²) in [4.78, 5) is 0.360. The summed E-state index contributed by atoms with van der Waals surface area (Å²) in [6.45, 7) is 1.25. The van der Waals surface area contributed by atoms with Crippen LogP contribution in [-0.4, -0.2) is 43.6 Å². The molecule has 5 nitrogen and oxygen atoms in total. The molecule has 1 aliphatic carbocycles. The Bertz CT molecular complexity index is 604. The molecule has 2 aliphatic rings. The molecule has 0 aromatic carbocycles. The number of rotatable bonds is 5. The van der Waals surface area contributed by atoms with Crippen LogP contribution in [0, 0.1) is 0 Å². The summed E-state index contributed by atoms with van der Waals surface area (Å²) < 4.78 is 34.4. The Morgan fingerprint density at radius 1 is 1.33 bits per heavy atom. The molecule has 0 amide bonds. The van der Waals surface area contributed by atoms with Crippen molar-refractivity contribution in [1.82, 2.24) is 8.87 Å². The molecule has 0 bridgehead atoms. The van der Waals surface area contributed by atoms with Crippen molar-refractivity contribution in [3.63, 3.8) is 0 Å². The number of hydrogen-bond donors (Lipinski definition) is 0. The van der Waals surface area contributed by atoms with E-state index in [1.807, 2.05) is 4.57 Å². The maximum Gasteiger partial charge on any atom is 0.244 e. The van der Waals surface area contributed by atoms with E-state index in [0.29, 0.717) is 30.0 Å². The van der Waals surface area contributed by atoms with E-state index in [1.165, 1.54) is 4.31 Å². The number of hydrogen-bond acceptors (Lipinski definition) is 3. The van der Waals surface area contributed by atoms with Gasteiger partial charge in [-0.2, -0.15) is 4.31 Å². The number of nitrogens with zero attached hydrogens (tertiary/aromatic N) is 2. The normalized spacial score (nSPS) is 21.1. The van der Waals surface area contributed by atoms with E-state index in [9.17, 15) is 8.42 Å². The minimum Gasteiger partial charge on any atom is -0.381 e. The molecule has 2 fully saturated rings. The molecule has 1 aromatic heterocycles. The lowest BCUT2D eigenvalue weighted by Crippen LogP contribution is -2.40. The Morgan fingerprint density at radius 2 is 2.00 bits per heavy atom. The second kappa shape index (κ2) is 5.91. The zero-order valence-electron chi connectivity index (χ0n) is 12.2. The SMILES string of the molecule is CN(C1CCOCC1)S(=O)(=O)c1cc(CCl)n(C2CC2)c1. The average molecular weight is 333 g/mol. The second-order valence-corrected chi connectivity index (χ2v) is 8.07. The summed E-state index contributed by atoms with van der Waals surface area (Å²) >= 11 is 5.95. The van der Waals surface area contributed by atoms with Crippen molar-refractivity contribution in [3.05, 3.63) is 18.0 Å². The molecule has 0 spiro atoms. The van der Waals surface area contributed by atoms with Crippen LogP contribution in [-0.2, 0) is 20.6 Å². The van der Waals surface area contributed by atoms with Gasteiger partial charge in [-0.3, -0.25) is 0 Å². The van der Waals surface area contributed by atoms with Crippen molar-refractivity contribution in [2.75, 3.05) is 20.3 Å². The number of halogens is 1. The summed E-state index contributed by atoms with van der Waals surface area (Å²) in [5.74, 6) is 0.340. The summed E-state index contributed by atoms with van der Waals surface area (Å²) in [6, 6.07) is 2.17. The molecule has 1 saturated carbocycles.